The largest absolute Gasteiger partial charge is 3.00 e. The monoisotopic (exact) mass is 163 g/mol. The van der Waals surface area contributed by atoms with Gasteiger partial charge in [0.25, 0.3) is 0 Å². The van der Waals surface area contributed by atoms with Crippen molar-refractivity contribution in [3.8, 4) is 0 Å². The van der Waals surface area contributed by atoms with Crippen LogP contribution in [0.25, 0.3) is 0 Å². The van der Waals surface area contributed by atoms with Gasteiger partial charge in [0, 0.05) is 0 Å². The third kappa shape index (κ3) is 41.2. The van der Waals surface area contributed by atoms with Gasteiger partial charge in [-0.1, -0.05) is 0 Å². The molecule has 0 N–H and O–H groups in total. The SMILES string of the molecule is [Al+3].[Mg+2].[O-2].[O-2].[O-2].[Zn+2]. The Kier molecular flexibility index (Phi) is 1310. The Bertz CT molecular complexity index is 10.8. The zero-order valence-corrected chi connectivity index (χ0v) is 8.75. The van der Waals surface area contributed by atoms with Crippen molar-refractivity contribution in [2.75, 3.05) is 0 Å². The summed E-state index contributed by atoms with van der Waals surface area (Å²) in [6.45, 7) is 0. The number of rotatable bonds is 0. The van der Waals surface area contributed by atoms with Crippen LogP contribution in [-0.4, -0.2) is 40.4 Å². The van der Waals surface area contributed by atoms with E-state index in [1.54, 1.807) is 0 Å². The Morgan fingerprint density at radius 1 is 0.667 bits per heavy atom. The van der Waals surface area contributed by atoms with E-state index in [2.05, 4.69) is 0 Å². The average Bonchev–Trinajstić information content (AvgIpc) is 0. The van der Waals surface area contributed by atoms with E-state index in [1.807, 2.05) is 0 Å². The maximum atomic E-state index is 0. The molecule has 0 spiro atoms. The van der Waals surface area contributed by atoms with Crippen LogP contribution in [0.3, 0.4) is 0 Å². The first-order valence-electron chi connectivity index (χ1n) is 0. The van der Waals surface area contributed by atoms with Gasteiger partial charge >= 0.3 is 59.9 Å². The molecule has 0 saturated carbocycles. The summed E-state index contributed by atoms with van der Waals surface area (Å²) in [5.74, 6) is 0. The predicted molar refractivity (Wildman–Crippen MR) is 13.6 cm³/mol. The van der Waals surface area contributed by atoms with Crippen molar-refractivity contribution >= 4 is 40.4 Å². The summed E-state index contributed by atoms with van der Waals surface area (Å²) in [5, 5.41) is 0. The van der Waals surface area contributed by atoms with Gasteiger partial charge < -0.3 is 16.4 Å². The molecule has 6 heteroatoms. The molecule has 0 fully saturated rings. The molecule has 6 heavy (non-hydrogen) atoms. The fourth-order valence-corrected chi connectivity index (χ4v) is 0. The van der Waals surface area contributed by atoms with E-state index in [0.717, 1.165) is 0 Å². The van der Waals surface area contributed by atoms with E-state index < -0.39 is 0 Å². The van der Waals surface area contributed by atoms with Crippen molar-refractivity contribution in [2.45, 2.75) is 0 Å². The van der Waals surface area contributed by atoms with Crippen LogP contribution in [0.5, 0.6) is 0 Å². The van der Waals surface area contributed by atoms with Crippen molar-refractivity contribution in [2.24, 2.45) is 0 Å². The quantitative estimate of drug-likeness (QED) is 0.407. The minimum absolute atomic E-state index is 0. The van der Waals surface area contributed by atoms with Crippen LogP contribution >= 0.6 is 0 Å². The van der Waals surface area contributed by atoms with Crippen LogP contribution in [0.2, 0.25) is 0 Å². The van der Waals surface area contributed by atoms with E-state index >= 15 is 0 Å². The molecule has 0 rings (SSSR count). The summed E-state index contributed by atoms with van der Waals surface area (Å²) in [7, 11) is 0. The Hall–Kier alpha value is 1.80. The molecule has 0 aromatic rings. The minimum atomic E-state index is 0. The molecular weight excluding hydrogens is 165 g/mol. The van der Waals surface area contributed by atoms with Gasteiger partial charge in [-0.15, -0.1) is 0 Å². The van der Waals surface area contributed by atoms with E-state index in [0.29, 0.717) is 0 Å². The molecule has 3 nitrogen and oxygen atoms in total. The summed E-state index contributed by atoms with van der Waals surface area (Å²) in [5.41, 5.74) is 0. The molecule has 0 bridgehead atoms. The van der Waals surface area contributed by atoms with E-state index in [-0.39, 0.29) is 76.3 Å². The van der Waals surface area contributed by atoms with Crippen molar-refractivity contribution in [1.29, 1.82) is 0 Å². The van der Waals surface area contributed by atoms with Crippen LogP contribution in [0.15, 0.2) is 0 Å². The third-order valence-electron chi connectivity index (χ3n) is 0. The molecule has 0 unspecified atom stereocenters. The fraction of sp³-hybridized carbons (Fsp3) is 0. The van der Waals surface area contributed by atoms with Gasteiger partial charge in [-0.05, 0) is 0 Å². The normalized spacial score (nSPS) is 0. The van der Waals surface area contributed by atoms with Crippen LogP contribution in [-0.2, 0) is 35.9 Å². The molecule has 0 aromatic carbocycles. The summed E-state index contributed by atoms with van der Waals surface area (Å²) in [6.07, 6.45) is 0. The fourth-order valence-electron chi connectivity index (χ4n) is 0. The minimum Gasteiger partial charge on any atom is -2.00 e. The standard InChI is InChI=1S/Al.Mg.3O.Zn/q+3;+2;3*-2;+2. The Morgan fingerprint density at radius 3 is 0.667 bits per heavy atom. The van der Waals surface area contributed by atoms with Gasteiger partial charge in [-0.25, -0.2) is 0 Å². The second kappa shape index (κ2) is 70.5. The second-order valence-corrected chi connectivity index (χ2v) is 0. The van der Waals surface area contributed by atoms with Gasteiger partial charge in [0.2, 0.25) is 0 Å². The molecule has 0 aliphatic heterocycles. The van der Waals surface area contributed by atoms with Crippen LogP contribution < -0.4 is 0 Å². The molecule has 0 atom stereocenters. The molecule has 0 aliphatic rings. The maximum Gasteiger partial charge on any atom is 3.00 e. The summed E-state index contributed by atoms with van der Waals surface area (Å²) < 4.78 is 0. The molecule has 0 radical (unpaired) electrons. The van der Waals surface area contributed by atoms with Crippen molar-refractivity contribution in [3.05, 3.63) is 0 Å². The molecule has 0 heterocycles. The molecule has 0 aromatic heterocycles. The smallest absolute Gasteiger partial charge is 2.00 e. The Labute approximate surface area is 75.8 Å². The van der Waals surface area contributed by atoms with Crippen molar-refractivity contribution in [1.82, 2.24) is 0 Å². The Morgan fingerprint density at radius 2 is 0.667 bits per heavy atom. The average molecular weight is 165 g/mol. The van der Waals surface area contributed by atoms with Gasteiger partial charge in [0.05, 0.1) is 0 Å². The summed E-state index contributed by atoms with van der Waals surface area (Å²) >= 11 is 0. The first-order valence-corrected chi connectivity index (χ1v) is 0. The van der Waals surface area contributed by atoms with Gasteiger partial charge in [0.15, 0.2) is 0 Å². The molecule has 0 amide bonds. The van der Waals surface area contributed by atoms with E-state index in [4.69, 9.17) is 0 Å². The van der Waals surface area contributed by atoms with E-state index in [1.165, 1.54) is 0 Å². The molecule has 0 aliphatic carbocycles. The van der Waals surface area contributed by atoms with Gasteiger partial charge in [-0.3, -0.25) is 0 Å². The number of hydrogen-bond donors (Lipinski definition) is 0. The summed E-state index contributed by atoms with van der Waals surface area (Å²) in [6, 6.07) is 0. The zero-order chi connectivity index (χ0) is 0. The second-order valence-electron chi connectivity index (χ2n) is 0. The van der Waals surface area contributed by atoms with Crippen LogP contribution in [0.1, 0.15) is 0 Å². The first kappa shape index (κ1) is 111. The van der Waals surface area contributed by atoms with Crippen LogP contribution in [0.4, 0.5) is 0 Å². The predicted octanol–water partition coefficient (Wildman–Crippen LogP) is -1.12. The van der Waals surface area contributed by atoms with Crippen molar-refractivity contribution < 1.29 is 35.9 Å². The first-order chi connectivity index (χ1) is 0. The van der Waals surface area contributed by atoms with Gasteiger partial charge in [-0.2, -0.15) is 0 Å². The maximum absolute atomic E-state index is 0. The van der Waals surface area contributed by atoms with Crippen LogP contribution in [0, 0.1) is 0 Å². The number of hydrogen-bond acceptors (Lipinski definition) is 0. The molecule has 24 valence electrons. The topological polar surface area (TPSA) is 85.5 Å². The van der Waals surface area contributed by atoms with Gasteiger partial charge in [0.1, 0.15) is 0 Å². The molecule has 0 saturated heterocycles. The van der Waals surface area contributed by atoms with Crippen molar-refractivity contribution in [3.63, 3.8) is 0 Å². The van der Waals surface area contributed by atoms with E-state index in [9.17, 15) is 0 Å². The molecular formula is AlMgO3Zn+. The zero-order valence-electron chi connectivity index (χ0n) is 3.22. The summed E-state index contributed by atoms with van der Waals surface area (Å²) in [4.78, 5) is 0. The Balaban J connectivity index is 0. The third-order valence-corrected chi connectivity index (χ3v) is 0.